The lowest BCUT2D eigenvalue weighted by atomic mass is 10.1. The Hall–Kier alpha value is -1.81. The van der Waals surface area contributed by atoms with E-state index in [1.54, 1.807) is 35.1 Å². The number of carbonyl (C=O) groups excluding carboxylic acids is 1. The third-order valence-corrected chi connectivity index (χ3v) is 2.89. The van der Waals surface area contributed by atoms with Crippen molar-refractivity contribution in [1.82, 2.24) is 15.1 Å². The van der Waals surface area contributed by atoms with Gasteiger partial charge in [-0.1, -0.05) is 17.7 Å². The predicted molar refractivity (Wildman–Crippen MR) is 70.5 cm³/mol. The molecule has 0 aliphatic rings. The predicted octanol–water partition coefficient (Wildman–Crippen LogP) is 2.56. The highest BCUT2D eigenvalue weighted by Crippen LogP contribution is 2.14. The molecule has 4 nitrogen and oxygen atoms in total. The van der Waals surface area contributed by atoms with Crippen molar-refractivity contribution in [3.8, 4) is 0 Å². The van der Waals surface area contributed by atoms with Gasteiger partial charge in [0.15, 0.2) is 0 Å². The smallest absolute Gasteiger partial charge is 0.251 e. The van der Waals surface area contributed by atoms with Crippen LogP contribution in [0, 0.1) is 0 Å². The van der Waals surface area contributed by atoms with Gasteiger partial charge in [-0.2, -0.15) is 5.10 Å². The lowest BCUT2D eigenvalue weighted by molar-refractivity contribution is 0.0940. The largest absolute Gasteiger partial charge is 0.345 e. The zero-order valence-corrected chi connectivity index (χ0v) is 11.0. The first-order chi connectivity index (χ1) is 8.56. The summed E-state index contributed by atoms with van der Waals surface area (Å²) in [4.78, 5) is 12.0. The summed E-state index contributed by atoms with van der Waals surface area (Å²) in [5.74, 6) is -0.145. The molecule has 0 saturated carbocycles. The second kappa shape index (κ2) is 5.23. The number of carbonyl (C=O) groups is 1. The van der Waals surface area contributed by atoms with E-state index in [9.17, 15) is 4.79 Å². The zero-order valence-electron chi connectivity index (χ0n) is 10.2. The van der Waals surface area contributed by atoms with E-state index in [0.29, 0.717) is 10.6 Å². The molecule has 0 spiro atoms. The fourth-order valence-electron chi connectivity index (χ4n) is 1.66. The topological polar surface area (TPSA) is 46.9 Å². The number of hydrogen-bond acceptors (Lipinski definition) is 2. The molecule has 0 fully saturated rings. The molecule has 0 radical (unpaired) electrons. The van der Waals surface area contributed by atoms with Gasteiger partial charge in [-0.25, -0.2) is 0 Å². The maximum absolute atomic E-state index is 12.0. The second-order valence-electron chi connectivity index (χ2n) is 4.15. The van der Waals surface area contributed by atoms with Gasteiger partial charge in [-0.3, -0.25) is 9.48 Å². The van der Waals surface area contributed by atoms with E-state index >= 15 is 0 Å². The number of halogens is 1. The summed E-state index contributed by atoms with van der Waals surface area (Å²) in [5, 5.41) is 7.53. The number of aryl methyl sites for hydroxylation is 1. The highest BCUT2D eigenvalue weighted by Gasteiger charge is 2.12. The van der Waals surface area contributed by atoms with Crippen molar-refractivity contribution >= 4 is 17.5 Å². The van der Waals surface area contributed by atoms with Crippen LogP contribution in [0.5, 0.6) is 0 Å². The molecule has 1 unspecified atom stereocenters. The number of nitrogens with zero attached hydrogens (tertiary/aromatic N) is 2. The third kappa shape index (κ3) is 2.90. The van der Waals surface area contributed by atoms with Gasteiger partial charge in [-0.15, -0.1) is 0 Å². The molecule has 2 aromatic rings. The van der Waals surface area contributed by atoms with Crippen molar-refractivity contribution < 1.29 is 4.79 Å². The van der Waals surface area contributed by atoms with Gasteiger partial charge >= 0.3 is 0 Å². The van der Waals surface area contributed by atoms with Gasteiger partial charge in [0.1, 0.15) is 0 Å². The Morgan fingerprint density at radius 2 is 2.28 bits per heavy atom. The minimum Gasteiger partial charge on any atom is -0.345 e. The Morgan fingerprint density at radius 1 is 1.50 bits per heavy atom. The maximum Gasteiger partial charge on any atom is 0.251 e. The summed E-state index contributed by atoms with van der Waals surface area (Å²) in [6.45, 7) is 1.92. The number of rotatable bonds is 3. The van der Waals surface area contributed by atoms with Crippen LogP contribution in [0.3, 0.4) is 0 Å². The summed E-state index contributed by atoms with van der Waals surface area (Å²) in [5.41, 5.74) is 1.52. The molecule has 1 atom stereocenters. The fraction of sp³-hybridized carbons (Fsp3) is 0.231. The van der Waals surface area contributed by atoms with Crippen LogP contribution in [0.15, 0.2) is 36.7 Å². The molecule has 1 N–H and O–H groups in total. The van der Waals surface area contributed by atoms with Crippen molar-refractivity contribution in [2.45, 2.75) is 13.0 Å². The molecule has 1 aromatic heterocycles. The standard InChI is InChI=1S/C13H14ClN3O/c1-9(11-7-15-17(2)8-11)16-13(18)10-4-3-5-12(14)6-10/h3-9H,1-2H3,(H,16,18). The fourth-order valence-corrected chi connectivity index (χ4v) is 1.85. The van der Waals surface area contributed by atoms with Crippen molar-refractivity contribution in [3.63, 3.8) is 0 Å². The SMILES string of the molecule is CC(NC(=O)c1cccc(Cl)c1)c1cnn(C)c1. The van der Waals surface area contributed by atoms with E-state index in [4.69, 9.17) is 11.6 Å². The average molecular weight is 264 g/mol. The van der Waals surface area contributed by atoms with E-state index in [1.165, 1.54) is 0 Å². The van der Waals surface area contributed by atoms with E-state index in [1.807, 2.05) is 20.2 Å². The van der Waals surface area contributed by atoms with Crippen molar-refractivity contribution in [2.24, 2.45) is 7.05 Å². The molecule has 5 heteroatoms. The Labute approximate surface area is 111 Å². The van der Waals surface area contributed by atoms with Crippen molar-refractivity contribution in [1.29, 1.82) is 0 Å². The van der Waals surface area contributed by atoms with Crippen LogP contribution >= 0.6 is 11.6 Å². The molecule has 18 heavy (non-hydrogen) atoms. The van der Waals surface area contributed by atoms with E-state index in [-0.39, 0.29) is 11.9 Å². The van der Waals surface area contributed by atoms with Gasteiger partial charge in [-0.05, 0) is 25.1 Å². The minimum atomic E-state index is -0.145. The summed E-state index contributed by atoms with van der Waals surface area (Å²) in [7, 11) is 1.84. The second-order valence-corrected chi connectivity index (χ2v) is 4.59. The van der Waals surface area contributed by atoms with Crippen LogP contribution in [-0.4, -0.2) is 15.7 Å². The first kappa shape index (κ1) is 12.6. The van der Waals surface area contributed by atoms with Crippen LogP contribution in [0.4, 0.5) is 0 Å². The summed E-state index contributed by atoms with van der Waals surface area (Å²) >= 11 is 5.85. The molecule has 1 aromatic carbocycles. The molecule has 1 amide bonds. The molecule has 0 aliphatic heterocycles. The first-order valence-corrected chi connectivity index (χ1v) is 5.99. The number of nitrogens with one attached hydrogen (secondary N) is 1. The van der Waals surface area contributed by atoms with Gasteiger partial charge in [0.2, 0.25) is 0 Å². The summed E-state index contributed by atoms with van der Waals surface area (Å²) < 4.78 is 1.71. The van der Waals surface area contributed by atoms with Gasteiger partial charge in [0.25, 0.3) is 5.91 Å². The Balaban J connectivity index is 2.08. The van der Waals surface area contributed by atoms with E-state index in [2.05, 4.69) is 10.4 Å². The molecule has 1 heterocycles. The van der Waals surface area contributed by atoms with Gasteiger partial charge in [0.05, 0.1) is 12.2 Å². The number of hydrogen-bond donors (Lipinski definition) is 1. The molecule has 0 bridgehead atoms. The first-order valence-electron chi connectivity index (χ1n) is 5.61. The maximum atomic E-state index is 12.0. The van der Waals surface area contributed by atoms with Crippen LogP contribution in [0.1, 0.15) is 28.9 Å². The Bertz CT molecular complexity index is 565. The summed E-state index contributed by atoms with van der Waals surface area (Å²) in [6.07, 6.45) is 3.62. The lowest BCUT2D eigenvalue weighted by Crippen LogP contribution is -2.26. The zero-order chi connectivity index (χ0) is 13.1. The number of benzene rings is 1. The molecular formula is C13H14ClN3O. The molecule has 2 rings (SSSR count). The monoisotopic (exact) mass is 263 g/mol. The van der Waals surface area contributed by atoms with Crippen LogP contribution in [0.25, 0.3) is 0 Å². The lowest BCUT2D eigenvalue weighted by Gasteiger charge is -2.12. The van der Waals surface area contributed by atoms with Gasteiger partial charge in [0, 0.05) is 29.4 Å². The highest BCUT2D eigenvalue weighted by atomic mass is 35.5. The van der Waals surface area contributed by atoms with Crippen LogP contribution < -0.4 is 5.32 Å². The molecular weight excluding hydrogens is 250 g/mol. The van der Waals surface area contributed by atoms with Crippen LogP contribution in [0.2, 0.25) is 5.02 Å². The Kier molecular flexibility index (Phi) is 3.67. The number of aromatic nitrogens is 2. The van der Waals surface area contributed by atoms with Crippen LogP contribution in [-0.2, 0) is 7.05 Å². The third-order valence-electron chi connectivity index (χ3n) is 2.66. The normalized spacial score (nSPS) is 12.2. The summed E-state index contributed by atoms with van der Waals surface area (Å²) in [6, 6.07) is 6.78. The molecule has 94 valence electrons. The van der Waals surface area contributed by atoms with Crippen molar-refractivity contribution in [2.75, 3.05) is 0 Å². The van der Waals surface area contributed by atoms with Crippen molar-refractivity contribution in [3.05, 3.63) is 52.8 Å². The van der Waals surface area contributed by atoms with E-state index < -0.39 is 0 Å². The highest BCUT2D eigenvalue weighted by molar-refractivity contribution is 6.30. The van der Waals surface area contributed by atoms with E-state index in [0.717, 1.165) is 5.56 Å². The molecule has 0 saturated heterocycles. The number of amides is 1. The minimum absolute atomic E-state index is 0.0924. The van der Waals surface area contributed by atoms with Gasteiger partial charge < -0.3 is 5.32 Å². The molecule has 0 aliphatic carbocycles. The quantitative estimate of drug-likeness (QED) is 0.925. The Morgan fingerprint density at radius 3 is 2.89 bits per heavy atom. The average Bonchev–Trinajstić information content (AvgIpc) is 2.76.